The molecule has 4 nitrogen and oxygen atoms in total. The third-order valence-corrected chi connectivity index (χ3v) is 7.01. The number of rotatable bonds is 7. The van der Waals surface area contributed by atoms with Gasteiger partial charge in [-0.2, -0.15) is 0 Å². The number of hydrogen-bond acceptors (Lipinski definition) is 5. The van der Waals surface area contributed by atoms with Crippen LogP contribution in [-0.4, -0.2) is 17.2 Å². The SMILES string of the molecule is CC(C)OP(=O)(OC(C)C)c1ccc(Cc2nc3ccccc3s2)cc1. The third kappa shape index (κ3) is 4.60. The summed E-state index contributed by atoms with van der Waals surface area (Å²) >= 11 is 1.70. The molecule has 1 heterocycles. The van der Waals surface area contributed by atoms with Crippen LogP contribution in [0, 0.1) is 0 Å². The van der Waals surface area contributed by atoms with Crippen molar-refractivity contribution in [2.75, 3.05) is 0 Å². The third-order valence-electron chi connectivity index (χ3n) is 3.65. The van der Waals surface area contributed by atoms with E-state index in [1.54, 1.807) is 11.3 Å². The summed E-state index contributed by atoms with van der Waals surface area (Å²) in [6.07, 6.45) is 0.393. The number of thiazole rings is 1. The van der Waals surface area contributed by atoms with Gasteiger partial charge >= 0.3 is 7.60 Å². The Morgan fingerprint density at radius 2 is 1.58 bits per heavy atom. The van der Waals surface area contributed by atoms with E-state index in [0.717, 1.165) is 22.5 Å². The van der Waals surface area contributed by atoms with Gasteiger partial charge < -0.3 is 9.05 Å². The van der Waals surface area contributed by atoms with Gasteiger partial charge in [-0.05, 0) is 57.5 Å². The minimum absolute atomic E-state index is 0.179. The van der Waals surface area contributed by atoms with Crippen LogP contribution in [0.2, 0.25) is 0 Å². The van der Waals surface area contributed by atoms with E-state index in [1.807, 2.05) is 70.2 Å². The molecule has 1 aromatic heterocycles. The van der Waals surface area contributed by atoms with E-state index in [1.165, 1.54) is 4.70 Å². The van der Waals surface area contributed by atoms with Crippen molar-refractivity contribution in [1.82, 2.24) is 4.98 Å². The van der Waals surface area contributed by atoms with Crippen molar-refractivity contribution in [3.05, 3.63) is 59.1 Å². The molecule has 0 unspecified atom stereocenters. The zero-order valence-corrected chi connectivity index (χ0v) is 17.2. The molecule has 2 aromatic carbocycles. The van der Waals surface area contributed by atoms with Crippen molar-refractivity contribution in [3.8, 4) is 0 Å². The van der Waals surface area contributed by atoms with Gasteiger partial charge in [-0.3, -0.25) is 4.57 Å². The van der Waals surface area contributed by atoms with Gasteiger partial charge in [-0.25, -0.2) is 4.98 Å². The Kier molecular flexibility index (Phi) is 5.93. The number of aromatic nitrogens is 1. The number of nitrogens with zero attached hydrogens (tertiary/aromatic N) is 1. The normalized spacial score (nSPS) is 12.4. The largest absolute Gasteiger partial charge is 0.361 e. The van der Waals surface area contributed by atoms with Crippen molar-refractivity contribution in [2.24, 2.45) is 0 Å². The van der Waals surface area contributed by atoms with Crippen LogP contribution >= 0.6 is 18.9 Å². The molecule has 0 amide bonds. The molecular formula is C20H24NO3PS. The van der Waals surface area contributed by atoms with Crippen LogP contribution in [-0.2, 0) is 20.0 Å². The minimum Gasteiger partial charge on any atom is -0.302 e. The zero-order valence-electron chi connectivity index (χ0n) is 15.5. The average Bonchev–Trinajstić information content (AvgIpc) is 2.96. The summed E-state index contributed by atoms with van der Waals surface area (Å²) in [5.41, 5.74) is 2.15. The fraction of sp³-hybridized carbons (Fsp3) is 0.350. The van der Waals surface area contributed by atoms with E-state index < -0.39 is 7.60 Å². The number of para-hydroxylation sites is 1. The van der Waals surface area contributed by atoms with Gasteiger partial charge in [0.25, 0.3) is 0 Å². The lowest BCUT2D eigenvalue weighted by molar-refractivity contribution is 0.150. The van der Waals surface area contributed by atoms with Crippen LogP contribution in [0.1, 0.15) is 38.3 Å². The first kappa shape index (κ1) is 19.2. The van der Waals surface area contributed by atoms with Crippen molar-refractivity contribution in [3.63, 3.8) is 0 Å². The topological polar surface area (TPSA) is 48.4 Å². The second-order valence-corrected chi connectivity index (χ2v) is 9.77. The quantitative estimate of drug-likeness (QED) is 0.497. The van der Waals surface area contributed by atoms with Crippen LogP contribution in [0.25, 0.3) is 10.2 Å². The standard InChI is InChI=1S/C20H24NO3PS/c1-14(2)23-25(22,24-15(3)4)17-11-9-16(10-12-17)13-20-21-18-7-5-6-8-19(18)26-20/h5-12,14-15H,13H2,1-4H3. The van der Waals surface area contributed by atoms with Gasteiger partial charge in [0.05, 0.1) is 32.7 Å². The molecule has 0 radical (unpaired) electrons. The number of hydrogen-bond donors (Lipinski definition) is 0. The van der Waals surface area contributed by atoms with E-state index in [4.69, 9.17) is 9.05 Å². The molecular weight excluding hydrogens is 365 g/mol. The highest BCUT2D eigenvalue weighted by atomic mass is 32.1. The molecule has 0 aliphatic heterocycles. The molecule has 0 N–H and O–H groups in total. The molecule has 0 atom stereocenters. The molecule has 138 valence electrons. The first-order valence-corrected chi connectivity index (χ1v) is 11.1. The summed E-state index contributed by atoms with van der Waals surface area (Å²) in [5.74, 6) is 0. The lowest BCUT2D eigenvalue weighted by atomic mass is 10.2. The Morgan fingerprint density at radius 1 is 0.962 bits per heavy atom. The average molecular weight is 389 g/mol. The van der Waals surface area contributed by atoms with Crippen LogP contribution in [0.15, 0.2) is 48.5 Å². The lowest BCUT2D eigenvalue weighted by Crippen LogP contribution is -2.16. The van der Waals surface area contributed by atoms with Crippen LogP contribution in [0.5, 0.6) is 0 Å². The highest BCUT2D eigenvalue weighted by molar-refractivity contribution is 7.62. The number of fused-ring (bicyclic) bond motifs is 1. The Hall–Kier alpha value is -1.52. The molecule has 0 fully saturated rings. The van der Waals surface area contributed by atoms with Gasteiger partial charge in [0, 0.05) is 6.42 Å². The van der Waals surface area contributed by atoms with Crippen LogP contribution in [0.4, 0.5) is 0 Å². The van der Waals surface area contributed by atoms with E-state index in [9.17, 15) is 4.57 Å². The summed E-state index contributed by atoms with van der Waals surface area (Å²) in [4.78, 5) is 4.67. The van der Waals surface area contributed by atoms with Crippen molar-refractivity contribution < 1.29 is 13.6 Å². The predicted octanol–water partition coefficient (Wildman–Crippen LogP) is 5.56. The Balaban J connectivity index is 1.81. The molecule has 3 rings (SSSR count). The molecule has 0 aliphatic rings. The van der Waals surface area contributed by atoms with Crippen molar-refractivity contribution in [1.29, 1.82) is 0 Å². The summed E-state index contributed by atoms with van der Waals surface area (Å²) < 4.78 is 25.7. The first-order chi connectivity index (χ1) is 12.4. The van der Waals surface area contributed by atoms with Gasteiger partial charge in [0.1, 0.15) is 0 Å². The number of benzene rings is 2. The lowest BCUT2D eigenvalue weighted by Gasteiger charge is -2.23. The second-order valence-electron chi connectivity index (χ2n) is 6.72. The zero-order chi connectivity index (χ0) is 18.7. The fourth-order valence-corrected chi connectivity index (χ4v) is 5.59. The fourth-order valence-electron chi connectivity index (χ4n) is 2.67. The molecule has 26 heavy (non-hydrogen) atoms. The molecule has 3 aromatic rings. The monoisotopic (exact) mass is 389 g/mol. The van der Waals surface area contributed by atoms with Gasteiger partial charge in [0.15, 0.2) is 0 Å². The summed E-state index contributed by atoms with van der Waals surface area (Å²) in [7, 11) is -3.32. The van der Waals surface area contributed by atoms with E-state index in [0.29, 0.717) is 5.30 Å². The van der Waals surface area contributed by atoms with E-state index in [2.05, 4.69) is 11.1 Å². The Bertz CT molecular complexity index is 871. The molecule has 0 aliphatic carbocycles. The van der Waals surface area contributed by atoms with Crippen molar-refractivity contribution in [2.45, 2.75) is 46.3 Å². The van der Waals surface area contributed by atoms with Crippen molar-refractivity contribution >= 4 is 34.5 Å². The molecule has 0 saturated heterocycles. The van der Waals surface area contributed by atoms with E-state index >= 15 is 0 Å². The first-order valence-electron chi connectivity index (χ1n) is 8.76. The Labute approximate surface area is 158 Å². The second kappa shape index (κ2) is 8.01. The molecule has 0 spiro atoms. The van der Waals surface area contributed by atoms with E-state index in [-0.39, 0.29) is 12.2 Å². The maximum absolute atomic E-state index is 13.2. The maximum atomic E-state index is 13.2. The highest BCUT2D eigenvalue weighted by Crippen LogP contribution is 2.49. The van der Waals surface area contributed by atoms with Crippen LogP contribution < -0.4 is 5.30 Å². The maximum Gasteiger partial charge on any atom is 0.361 e. The minimum atomic E-state index is -3.32. The van der Waals surface area contributed by atoms with Gasteiger partial charge in [-0.1, -0.05) is 24.3 Å². The van der Waals surface area contributed by atoms with Crippen LogP contribution in [0.3, 0.4) is 0 Å². The molecule has 6 heteroatoms. The highest BCUT2D eigenvalue weighted by Gasteiger charge is 2.30. The molecule has 0 saturated carbocycles. The van der Waals surface area contributed by atoms with Gasteiger partial charge in [0.2, 0.25) is 0 Å². The summed E-state index contributed by atoms with van der Waals surface area (Å²) in [6, 6.07) is 15.8. The molecule has 0 bridgehead atoms. The smallest absolute Gasteiger partial charge is 0.302 e. The summed E-state index contributed by atoms with van der Waals surface area (Å²) in [6.45, 7) is 7.44. The predicted molar refractivity (Wildman–Crippen MR) is 109 cm³/mol. The van der Waals surface area contributed by atoms with Gasteiger partial charge in [-0.15, -0.1) is 11.3 Å². The Morgan fingerprint density at radius 3 is 2.15 bits per heavy atom. The summed E-state index contributed by atoms with van der Waals surface area (Å²) in [5, 5.41) is 1.66.